The summed E-state index contributed by atoms with van der Waals surface area (Å²) in [6.45, 7) is 5.12. The number of nitrogens with one attached hydrogen (secondary N) is 1. The summed E-state index contributed by atoms with van der Waals surface area (Å²) < 4.78 is 9.98. The molecule has 0 aliphatic rings. The average Bonchev–Trinajstić information content (AvgIpc) is 3.22. The zero-order chi connectivity index (χ0) is 23.0. The Bertz CT molecular complexity index is 1350. The molecule has 166 valence electrons. The Morgan fingerprint density at radius 1 is 1.09 bits per heavy atom. The molecule has 0 radical (unpaired) electrons. The van der Waals surface area contributed by atoms with Gasteiger partial charge in [-0.25, -0.2) is 4.79 Å². The van der Waals surface area contributed by atoms with Gasteiger partial charge in [0.15, 0.2) is 5.58 Å². The number of nitrogens with zero attached hydrogens (tertiary/aromatic N) is 3. The quantitative estimate of drug-likeness (QED) is 0.424. The third kappa shape index (κ3) is 4.28. The van der Waals surface area contributed by atoms with E-state index < -0.39 is 5.76 Å². The first kappa shape index (κ1) is 22.1. The van der Waals surface area contributed by atoms with Crippen LogP contribution >= 0.6 is 15.9 Å². The Morgan fingerprint density at radius 2 is 1.81 bits per heavy atom. The van der Waals surface area contributed by atoms with Crippen molar-refractivity contribution in [3.63, 3.8) is 0 Å². The summed E-state index contributed by atoms with van der Waals surface area (Å²) in [5.74, 6) is -0.602. The summed E-state index contributed by atoms with van der Waals surface area (Å²) in [5.41, 5.74) is 5.19. The molecule has 2 aromatic heterocycles. The highest BCUT2D eigenvalue weighted by Crippen LogP contribution is 2.24. The lowest BCUT2D eigenvalue weighted by Crippen LogP contribution is -2.23. The van der Waals surface area contributed by atoms with Gasteiger partial charge in [0.25, 0.3) is 5.91 Å². The highest BCUT2D eigenvalue weighted by atomic mass is 79.9. The van der Waals surface area contributed by atoms with Crippen LogP contribution in [-0.4, -0.2) is 40.6 Å². The minimum atomic E-state index is -0.400. The van der Waals surface area contributed by atoms with E-state index in [-0.39, 0.29) is 5.91 Å². The van der Waals surface area contributed by atoms with E-state index in [2.05, 4.69) is 25.8 Å². The van der Waals surface area contributed by atoms with Crippen molar-refractivity contribution < 1.29 is 9.21 Å². The van der Waals surface area contributed by atoms with E-state index in [4.69, 9.17) is 4.42 Å². The van der Waals surface area contributed by atoms with Crippen LogP contribution in [-0.2, 0) is 6.54 Å². The molecule has 4 aromatic rings. The SMILES string of the molecule is Cc1cc(C(=O)Nc2ccc3oc(=O)n(CCN(C)C)c3c2)c(C)n1-c1ccc(Br)cc1. The number of oxazole rings is 1. The van der Waals surface area contributed by atoms with E-state index in [1.54, 1.807) is 22.8 Å². The van der Waals surface area contributed by atoms with E-state index >= 15 is 0 Å². The minimum absolute atomic E-state index is 0.202. The Balaban J connectivity index is 1.63. The van der Waals surface area contributed by atoms with Crippen LogP contribution in [0, 0.1) is 13.8 Å². The number of benzene rings is 2. The molecule has 0 saturated carbocycles. The number of anilines is 1. The molecule has 0 saturated heterocycles. The number of carbonyl (C=O) groups is 1. The van der Waals surface area contributed by atoms with Gasteiger partial charge in [-0.3, -0.25) is 9.36 Å². The number of aryl methyl sites for hydroxylation is 1. The topological polar surface area (TPSA) is 72.4 Å². The van der Waals surface area contributed by atoms with E-state index in [1.807, 2.05) is 63.2 Å². The molecule has 0 bridgehead atoms. The van der Waals surface area contributed by atoms with Crippen LogP contribution in [0.1, 0.15) is 21.7 Å². The van der Waals surface area contributed by atoms with Gasteiger partial charge in [0.05, 0.1) is 11.1 Å². The number of rotatable bonds is 6. The maximum Gasteiger partial charge on any atom is 0.419 e. The predicted octanol–water partition coefficient (Wildman–Crippen LogP) is 4.58. The van der Waals surface area contributed by atoms with Gasteiger partial charge in [-0.15, -0.1) is 0 Å². The first-order chi connectivity index (χ1) is 15.2. The minimum Gasteiger partial charge on any atom is -0.408 e. The van der Waals surface area contributed by atoms with Crippen LogP contribution in [0.15, 0.2) is 62.2 Å². The molecule has 2 heterocycles. The smallest absolute Gasteiger partial charge is 0.408 e. The molecule has 2 aromatic carbocycles. The maximum absolute atomic E-state index is 13.1. The van der Waals surface area contributed by atoms with Gasteiger partial charge < -0.3 is 19.2 Å². The summed E-state index contributed by atoms with van der Waals surface area (Å²) in [5, 5.41) is 2.97. The molecule has 0 fully saturated rings. The maximum atomic E-state index is 13.1. The Morgan fingerprint density at radius 3 is 2.50 bits per heavy atom. The molecule has 0 atom stereocenters. The normalized spacial score (nSPS) is 11.4. The fraction of sp³-hybridized carbons (Fsp3) is 0.250. The average molecular weight is 497 g/mol. The Labute approximate surface area is 194 Å². The second-order valence-electron chi connectivity index (χ2n) is 8.06. The predicted molar refractivity (Wildman–Crippen MR) is 130 cm³/mol. The lowest BCUT2D eigenvalue weighted by molar-refractivity contribution is 0.102. The van der Waals surface area contributed by atoms with Gasteiger partial charge >= 0.3 is 5.76 Å². The molecule has 0 spiro atoms. The molecule has 7 nitrogen and oxygen atoms in total. The van der Waals surface area contributed by atoms with Crippen molar-refractivity contribution >= 4 is 38.6 Å². The third-order valence-electron chi connectivity index (χ3n) is 5.46. The van der Waals surface area contributed by atoms with Crippen LogP contribution in [0.5, 0.6) is 0 Å². The fourth-order valence-corrected chi connectivity index (χ4v) is 4.09. The van der Waals surface area contributed by atoms with Crippen LogP contribution in [0.2, 0.25) is 0 Å². The summed E-state index contributed by atoms with van der Waals surface area (Å²) in [4.78, 5) is 27.3. The van der Waals surface area contributed by atoms with Crippen molar-refractivity contribution in [2.45, 2.75) is 20.4 Å². The van der Waals surface area contributed by atoms with Crippen LogP contribution < -0.4 is 11.1 Å². The molecule has 32 heavy (non-hydrogen) atoms. The van der Waals surface area contributed by atoms with Gasteiger partial charge in [-0.1, -0.05) is 15.9 Å². The molecule has 0 aliphatic carbocycles. The van der Waals surface area contributed by atoms with Crippen molar-refractivity contribution in [1.82, 2.24) is 14.0 Å². The first-order valence-electron chi connectivity index (χ1n) is 10.3. The number of halogens is 1. The number of fused-ring (bicyclic) bond motifs is 1. The Hall–Kier alpha value is -3.10. The van der Waals surface area contributed by atoms with Crippen LogP contribution in [0.4, 0.5) is 5.69 Å². The largest absolute Gasteiger partial charge is 0.419 e. The lowest BCUT2D eigenvalue weighted by Gasteiger charge is -2.11. The molecule has 8 heteroatoms. The van der Waals surface area contributed by atoms with Crippen molar-refractivity contribution in [3.05, 3.63) is 80.5 Å². The summed E-state index contributed by atoms with van der Waals surface area (Å²) in [6.07, 6.45) is 0. The lowest BCUT2D eigenvalue weighted by atomic mass is 10.2. The standard InChI is InChI=1S/C24H25BrN4O3/c1-15-13-20(16(2)29(15)19-8-5-17(25)6-9-19)23(30)26-18-7-10-22-21(14-18)28(24(31)32-22)12-11-27(3)4/h5-10,13-14H,11-12H2,1-4H3,(H,26,30). The zero-order valence-corrected chi connectivity index (χ0v) is 20.1. The third-order valence-corrected chi connectivity index (χ3v) is 5.99. The molecule has 0 aliphatic heterocycles. The zero-order valence-electron chi connectivity index (χ0n) is 18.5. The van der Waals surface area contributed by atoms with Gasteiger partial charge in [-0.2, -0.15) is 0 Å². The van der Waals surface area contributed by atoms with Crippen molar-refractivity contribution in [2.75, 3.05) is 26.0 Å². The van der Waals surface area contributed by atoms with E-state index in [9.17, 15) is 9.59 Å². The second kappa shape index (κ2) is 8.80. The second-order valence-corrected chi connectivity index (χ2v) is 8.97. The van der Waals surface area contributed by atoms with Crippen molar-refractivity contribution in [2.24, 2.45) is 0 Å². The molecule has 1 N–H and O–H groups in total. The Kier molecular flexibility index (Phi) is 6.08. The number of likely N-dealkylation sites (N-methyl/N-ethyl adjacent to an activating group) is 1. The van der Waals surface area contributed by atoms with E-state index in [1.165, 1.54) is 0 Å². The molecule has 4 rings (SSSR count). The molecule has 0 unspecified atom stereocenters. The van der Waals surface area contributed by atoms with Crippen molar-refractivity contribution in [1.29, 1.82) is 0 Å². The van der Waals surface area contributed by atoms with E-state index in [0.717, 1.165) is 21.5 Å². The number of carbonyl (C=O) groups excluding carboxylic acids is 1. The molecular weight excluding hydrogens is 472 g/mol. The first-order valence-corrected chi connectivity index (χ1v) is 11.1. The monoisotopic (exact) mass is 496 g/mol. The number of hydrogen-bond donors (Lipinski definition) is 1. The number of hydrogen-bond acceptors (Lipinski definition) is 4. The fourth-order valence-electron chi connectivity index (χ4n) is 3.83. The highest BCUT2D eigenvalue weighted by molar-refractivity contribution is 9.10. The van der Waals surface area contributed by atoms with Crippen LogP contribution in [0.3, 0.4) is 0 Å². The summed E-state index contributed by atoms with van der Waals surface area (Å²) in [7, 11) is 3.90. The molecular formula is C24H25BrN4O3. The number of aromatic nitrogens is 2. The number of amides is 1. The van der Waals surface area contributed by atoms with Gasteiger partial charge in [0.1, 0.15) is 0 Å². The van der Waals surface area contributed by atoms with Gasteiger partial charge in [0, 0.05) is 40.3 Å². The van der Waals surface area contributed by atoms with Crippen LogP contribution in [0.25, 0.3) is 16.8 Å². The molecule has 1 amide bonds. The summed E-state index contributed by atoms with van der Waals surface area (Å²) in [6, 6.07) is 15.1. The highest BCUT2D eigenvalue weighted by Gasteiger charge is 2.18. The van der Waals surface area contributed by atoms with Crippen molar-refractivity contribution in [3.8, 4) is 5.69 Å². The van der Waals surface area contributed by atoms with Gasteiger partial charge in [0.2, 0.25) is 0 Å². The summed E-state index contributed by atoms with van der Waals surface area (Å²) >= 11 is 3.46. The van der Waals surface area contributed by atoms with E-state index in [0.29, 0.717) is 35.4 Å². The van der Waals surface area contributed by atoms with Gasteiger partial charge in [-0.05, 0) is 76.5 Å².